The first-order valence-electron chi connectivity index (χ1n) is 37.7. The van der Waals surface area contributed by atoms with Gasteiger partial charge in [-0.15, -0.1) is 30.6 Å². The molecule has 14 N–H and O–H groups in total. The molecule has 12 rings (SSSR count). The van der Waals surface area contributed by atoms with Crippen LogP contribution in [0.5, 0.6) is 17.2 Å². The van der Waals surface area contributed by atoms with E-state index >= 15 is 0 Å². The Morgan fingerprint density at radius 3 is 1.21 bits per heavy atom. The number of nitrogens with zero attached hydrogens (tertiary/aromatic N) is 10. The number of nitrogen functional groups attached to an aromatic ring is 3. The van der Waals surface area contributed by atoms with Crippen LogP contribution in [-0.2, 0) is 9.31 Å². The highest BCUT2D eigenvalue weighted by Gasteiger charge is 2.30. The Balaban J connectivity index is 0.000000200. The van der Waals surface area contributed by atoms with Crippen LogP contribution in [0.3, 0.4) is 0 Å². The number of hydrogen-bond acceptors (Lipinski definition) is 26. The van der Waals surface area contributed by atoms with E-state index < -0.39 is 66.5 Å². The molecule has 3 fully saturated rings. The van der Waals surface area contributed by atoms with E-state index in [1.54, 1.807) is 67.2 Å². The Morgan fingerprint density at radius 2 is 0.806 bits per heavy atom. The molecular weight excluding hydrogens is 1740 g/mol. The van der Waals surface area contributed by atoms with Gasteiger partial charge >= 0.3 is 36.2 Å². The third-order valence-electron chi connectivity index (χ3n) is 18.6. The molecular formula is C79H77B4Cl6F3N18O14. The van der Waals surface area contributed by atoms with E-state index in [-0.39, 0.29) is 123 Å². The second-order valence-electron chi connectivity index (χ2n) is 27.1. The van der Waals surface area contributed by atoms with Gasteiger partial charge < -0.3 is 102 Å². The average molecular weight is 1820 g/mol. The molecule has 3 aromatic heterocycles. The molecule has 0 spiro atoms. The maximum atomic E-state index is 14.2. The highest BCUT2D eigenvalue weighted by Crippen LogP contribution is 2.40. The van der Waals surface area contributed by atoms with Crippen LogP contribution >= 0.6 is 69.6 Å². The van der Waals surface area contributed by atoms with Gasteiger partial charge in [0.05, 0.1) is 42.9 Å². The summed E-state index contributed by atoms with van der Waals surface area (Å²) in [6.07, 6.45) is 3.61. The summed E-state index contributed by atoms with van der Waals surface area (Å²) in [5.74, 6) is -1.16. The fourth-order valence-corrected chi connectivity index (χ4v) is 13.9. The standard InChI is InChI=1S/C27H25B2Cl2FN6O5.C25H25Cl2FN6O3.C21H12BCl2FN4O5.C6H15BN2O/c1-29(41)38-11-2-10-37(12-13-38)27(40)16-3-5-17(6-4-16)34-26(39)20-15-22(25(33)36-35-20)43-21(9-14-42-28)23-18(30)7-8-19(32)24(23)31;1-14(21-17(26)7-8-18(28)22(21)27)37-20-13-19(32-33-23(20)29)24(35)31-16-5-3-15(4-6-16)25(36)34-11-2-9-30-10-12-34;22-33-8-7-15(17-12(23)5-6-13(25)18(17)24)34-16-9-14(28-29-19(16)26)20(30)27-11-3-1-10(2-4-11)21(31)32;1-7(10)9-5-2-3-8-4-6-9/h3-8,15,21,41H,2,10-13H2,1H3,(H2,33,36)(H,34,39);3-8,13-14,30H,2,9-12H2,1H3,(H2,29,33)(H,31,35);1-6,9,15H,(H2,26,29)(H,27,30)(H,31,32);8,10H,2-6H2,1H3/t21-;14-;15-;/m111./s1. The predicted molar refractivity (Wildman–Crippen MR) is 466 cm³/mol. The lowest BCUT2D eigenvalue weighted by Crippen LogP contribution is -2.40. The molecule has 32 nitrogen and oxygen atoms in total. The number of hydrogen-bond donors (Lipinski definition) is 11. The molecule has 6 heterocycles. The predicted octanol–water partition coefficient (Wildman–Crippen LogP) is 10.6. The Morgan fingerprint density at radius 1 is 0.460 bits per heavy atom. The summed E-state index contributed by atoms with van der Waals surface area (Å²) in [4.78, 5) is 82.7. The minimum atomic E-state index is -1.31. The first-order valence-corrected chi connectivity index (χ1v) is 40.0. The molecule has 9 aromatic rings. The van der Waals surface area contributed by atoms with Crippen LogP contribution < -0.4 is 58.0 Å². The fraction of sp³-hybridized carbons (Fsp3) is 0.266. The Hall–Kier alpha value is -11.6. The topological polar surface area (TPSA) is 438 Å². The number of ether oxygens (including phenoxy) is 3. The van der Waals surface area contributed by atoms with Crippen LogP contribution in [0, 0.1) is 41.5 Å². The van der Waals surface area contributed by atoms with Crippen molar-refractivity contribution in [2.45, 2.75) is 58.1 Å². The zero-order chi connectivity index (χ0) is 89.8. The van der Waals surface area contributed by atoms with Crippen molar-refractivity contribution < 1.29 is 80.6 Å². The van der Waals surface area contributed by atoms with Gasteiger partial charge in [-0.05, 0) is 187 Å². The summed E-state index contributed by atoms with van der Waals surface area (Å²) in [5, 5.41) is 64.5. The van der Waals surface area contributed by atoms with Crippen molar-refractivity contribution in [3.63, 3.8) is 0 Å². The molecule has 3 aliphatic heterocycles. The molecule has 45 heteroatoms. The zero-order valence-corrected chi connectivity index (χ0v) is 70.7. The van der Waals surface area contributed by atoms with Crippen LogP contribution in [-0.4, -0.2) is 209 Å². The van der Waals surface area contributed by atoms with Gasteiger partial charge in [-0.3, -0.25) is 24.0 Å². The number of halogens is 9. The van der Waals surface area contributed by atoms with Crippen molar-refractivity contribution in [3.8, 4) is 41.3 Å². The first-order chi connectivity index (χ1) is 59.3. The lowest BCUT2D eigenvalue weighted by molar-refractivity contribution is 0.0694. The fourth-order valence-electron chi connectivity index (χ4n) is 12.1. The van der Waals surface area contributed by atoms with Crippen LogP contribution in [0.2, 0.25) is 43.8 Å². The average Bonchev–Trinajstić information content (AvgIpc) is 1.13. The van der Waals surface area contributed by atoms with Gasteiger partial charge in [0.1, 0.15) is 23.6 Å². The second kappa shape index (κ2) is 46.8. The van der Waals surface area contributed by atoms with E-state index in [1.165, 1.54) is 60.7 Å². The Kier molecular flexibility index (Phi) is 36.3. The number of carbonyl (C=O) groups excluding carboxylic acids is 5. The number of carbonyl (C=O) groups is 6. The monoisotopic (exact) mass is 1810 g/mol. The van der Waals surface area contributed by atoms with Crippen molar-refractivity contribution >= 4 is 170 Å². The van der Waals surface area contributed by atoms with Gasteiger partial charge in [-0.25, -0.2) is 18.0 Å². The smallest absolute Gasteiger partial charge is 0.392 e. The number of aromatic carboxylic acids is 1. The van der Waals surface area contributed by atoms with Gasteiger partial charge in [0.15, 0.2) is 64.0 Å². The van der Waals surface area contributed by atoms with Crippen molar-refractivity contribution in [2.24, 2.45) is 0 Å². The van der Waals surface area contributed by atoms with E-state index in [0.717, 1.165) is 76.7 Å². The number of carboxylic acids is 1. The molecule has 0 bridgehead atoms. The summed E-state index contributed by atoms with van der Waals surface area (Å²) in [6.45, 7) is 14.6. The van der Waals surface area contributed by atoms with Gasteiger partial charge in [0, 0.05) is 120 Å². The quantitative estimate of drug-likeness (QED) is 0.0192. The molecule has 3 aliphatic rings. The van der Waals surface area contributed by atoms with Crippen molar-refractivity contribution in [2.75, 3.05) is 112 Å². The molecule has 4 radical (unpaired) electrons. The number of nitrogens with two attached hydrogens (primary N) is 3. The van der Waals surface area contributed by atoms with E-state index in [1.807, 2.05) is 16.5 Å². The summed E-state index contributed by atoms with van der Waals surface area (Å²) < 4.78 is 68.0. The third kappa shape index (κ3) is 27.0. The van der Waals surface area contributed by atoms with E-state index in [0.29, 0.717) is 67.5 Å². The molecule has 0 unspecified atom stereocenters. The normalized spacial score (nSPS) is 14.0. The summed E-state index contributed by atoms with van der Waals surface area (Å²) in [7, 11) is 9.10. The van der Waals surface area contributed by atoms with Crippen LogP contribution in [0.1, 0.15) is 124 Å². The number of nitrogens with one attached hydrogen (secondary N) is 5. The van der Waals surface area contributed by atoms with Gasteiger partial charge in [0.25, 0.3) is 29.5 Å². The van der Waals surface area contributed by atoms with Gasteiger partial charge in [0.2, 0.25) is 0 Å². The SMILES string of the molecule is CB(O)N1CCCNCC1.C[C@@H](Oc1cc(C(=O)Nc2ccc(C(=O)N3CCCNCC3)cc2)nnc1N)c1c(Cl)ccc(F)c1Cl.[B]OC#C[C@@H](Oc1cc(C(=O)Nc2ccc(C(=O)N3CCCN(B(C)O)CC3)cc2)nnc1N)c1c(Cl)ccc(F)c1Cl.[B]OC#C[C@@H](Oc1cc(C(=O)Nc2ccc(C(=O)O)cc2)nnc1N)c1c(Cl)ccc(F)c1Cl. The number of carboxylic acid groups (broad SMARTS) is 1. The highest BCUT2D eigenvalue weighted by molar-refractivity contribution is 6.45. The van der Waals surface area contributed by atoms with Crippen LogP contribution in [0.25, 0.3) is 0 Å². The molecule has 3 saturated heterocycles. The van der Waals surface area contributed by atoms with E-state index in [2.05, 4.69) is 95.3 Å². The minimum absolute atomic E-state index is 0.0230. The summed E-state index contributed by atoms with van der Waals surface area (Å²) >= 11 is 36.8. The van der Waals surface area contributed by atoms with Crippen LogP contribution in [0.4, 0.5) is 47.7 Å². The van der Waals surface area contributed by atoms with Crippen LogP contribution in [0.15, 0.2) is 127 Å². The second-order valence-corrected chi connectivity index (χ2v) is 29.4. The first kappa shape index (κ1) is 96.3. The Bertz CT molecular complexity index is 5420. The number of anilines is 6. The Labute approximate surface area is 743 Å². The van der Waals surface area contributed by atoms with E-state index in [4.69, 9.17) is 122 Å². The van der Waals surface area contributed by atoms with Crippen molar-refractivity contribution in [1.29, 1.82) is 0 Å². The molecule has 642 valence electrons. The molecule has 3 atom stereocenters. The van der Waals surface area contributed by atoms with Crippen molar-refractivity contribution in [3.05, 3.63) is 225 Å². The minimum Gasteiger partial charge on any atom is -0.527 e. The highest BCUT2D eigenvalue weighted by atomic mass is 35.5. The summed E-state index contributed by atoms with van der Waals surface area (Å²) in [5.41, 5.74) is 19.5. The van der Waals surface area contributed by atoms with Gasteiger partial charge in [-0.1, -0.05) is 69.6 Å². The third-order valence-corrected chi connectivity index (χ3v) is 20.7. The zero-order valence-electron chi connectivity index (χ0n) is 66.2. The maximum Gasteiger partial charge on any atom is 0.392 e. The molecule has 0 saturated carbocycles. The molecule has 6 aromatic carbocycles. The number of aromatic nitrogens is 6. The lowest BCUT2D eigenvalue weighted by Gasteiger charge is -2.22. The number of benzene rings is 6. The molecule has 124 heavy (non-hydrogen) atoms. The largest absolute Gasteiger partial charge is 0.527 e. The number of amides is 5. The van der Waals surface area contributed by atoms with Gasteiger partial charge in [-0.2, -0.15) is 0 Å². The number of rotatable bonds is 20. The van der Waals surface area contributed by atoms with E-state index in [9.17, 15) is 52.0 Å². The van der Waals surface area contributed by atoms with Crippen molar-refractivity contribution in [1.82, 2.24) is 60.6 Å². The lowest BCUT2D eigenvalue weighted by atomic mass is 9.85. The molecule has 5 amide bonds. The summed E-state index contributed by atoms with van der Waals surface area (Å²) in [6, 6.07) is 29.3. The molecule has 0 aliphatic carbocycles. The maximum absolute atomic E-state index is 14.2.